The highest BCUT2D eigenvalue weighted by molar-refractivity contribution is 5.92. The molecule has 0 aliphatic carbocycles. The first kappa shape index (κ1) is 28.0. The third-order valence-corrected chi connectivity index (χ3v) is 7.22. The molecule has 0 spiro atoms. The van der Waals surface area contributed by atoms with Gasteiger partial charge in [-0.25, -0.2) is 9.18 Å². The van der Waals surface area contributed by atoms with Crippen LogP contribution in [0.3, 0.4) is 0 Å². The zero-order chi connectivity index (χ0) is 29.3. The molecule has 1 N–H and O–H groups in total. The molecule has 6 heteroatoms. The molecule has 1 aliphatic heterocycles. The van der Waals surface area contributed by atoms with Crippen LogP contribution in [0.2, 0.25) is 0 Å². The van der Waals surface area contributed by atoms with E-state index >= 15 is 0 Å². The summed E-state index contributed by atoms with van der Waals surface area (Å²) in [7, 11) is 1.59. The van der Waals surface area contributed by atoms with Crippen molar-refractivity contribution in [1.82, 2.24) is 0 Å². The third-order valence-electron chi connectivity index (χ3n) is 7.22. The number of anilines is 1. The highest BCUT2D eigenvalue weighted by atomic mass is 19.1. The van der Waals surface area contributed by atoms with E-state index in [0.717, 1.165) is 44.6 Å². The van der Waals surface area contributed by atoms with Crippen LogP contribution in [-0.2, 0) is 6.61 Å². The standard InChI is InChI=1S/C35H34FNO4/c1-21-7-10-24(11-8-21)34(38)41-26-13-14-28(32(18-26)39-6)27-15-16-30-33(23(3)19-35(4,5)37-30)29(27)20-40-31-17-25(36)12-9-22(31)2/h7-19,37H,20H2,1-6H3. The quantitative estimate of drug-likeness (QED) is 0.184. The first-order valence-electron chi connectivity index (χ1n) is 13.5. The Bertz CT molecular complexity index is 1650. The summed E-state index contributed by atoms with van der Waals surface area (Å²) in [5.41, 5.74) is 7.97. The van der Waals surface area contributed by atoms with Crippen LogP contribution in [0.5, 0.6) is 17.2 Å². The Morgan fingerprint density at radius 3 is 2.34 bits per heavy atom. The summed E-state index contributed by atoms with van der Waals surface area (Å²) in [6.45, 7) is 10.4. The number of ether oxygens (including phenoxy) is 3. The highest BCUT2D eigenvalue weighted by Gasteiger charge is 2.27. The van der Waals surface area contributed by atoms with Gasteiger partial charge in [-0.05, 0) is 87.7 Å². The number of hydrogen-bond acceptors (Lipinski definition) is 5. The Morgan fingerprint density at radius 1 is 0.878 bits per heavy atom. The Morgan fingerprint density at radius 2 is 1.61 bits per heavy atom. The van der Waals surface area contributed by atoms with Crippen molar-refractivity contribution in [1.29, 1.82) is 0 Å². The molecule has 0 saturated carbocycles. The number of allylic oxidation sites excluding steroid dienone is 1. The largest absolute Gasteiger partial charge is 0.496 e. The zero-order valence-corrected chi connectivity index (χ0v) is 24.2. The highest BCUT2D eigenvalue weighted by Crippen LogP contribution is 2.43. The number of aryl methyl sites for hydroxylation is 2. The van der Waals surface area contributed by atoms with Crippen LogP contribution in [0.15, 0.2) is 78.9 Å². The van der Waals surface area contributed by atoms with E-state index in [1.807, 2.05) is 38.1 Å². The van der Waals surface area contributed by atoms with Crippen molar-refractivity contribution in [2.75, 3.05) is 12.4 Å². The van der Waals surface area contributed by atoms with Crippen molar-refractivity contribution in [2.24, 2.45) is 0 Å². The van der Waals surface area contributed by atoms with Gasteiger partial charge in [-0.15, -0.1) is 0 Å². The number of esters is 1. The van der Waals surface area contributed by atoms with Crippen molar-refractivity contribution >= 4 is 17.2 Å². The first-order valence-corrected chi connectivity index (χ1v) is 13.5. The van der Waals surface area contributed by atoms with Gasteiger partial charge in [-0.3, -0.25) is 0 Å². The summed E-state index contributed by atoms with van der Waals surface area (Å²) in [6, 6.07) is 21.2. The predicted molar refractivity (Wildman–Crippen MR) is 161 cm³/mol. The van der Waals surface area contributed by atoms with Crippen molar-refractivity contribution in [3.8, 4) is 28.4 Å². The molecular weight excluding hydrogens is 517 g/mol. The smallest absolute Gasteiger partial charge is 0.343 e. The Kier molecular flexibility index (Phi) is 7.59. The lowest BCUT2D eigenvalue weighted by atomic mass is 9.85. The number of carbonyl (C=O) groups excluding carboxylic acids is 1. The molecule has 5 rings (SSSR count). The molecule has 210 valence electrons. The molecular formula is C35H34FNO4. The van der Waals surface area contributed by atoms with Crippen molar-refractivity contribution in [3.05, 3.63) is 113 Å². The summed E-state index contributed by atoms with van der Waals surface area (Å²) in [5.74, 6) is 0.625. The van der Waals surface area contributed by atoms with Crippen molar-refractivity contribution in [3.63, 3.8) is 0 Å². The van der Waals surface area contributed by atoms with Gasteiger partial charge in [-0.1, -0.05) is 35.9 Å². The zero-order valence-electron chi connectivity index (χ0n) is 24.2. The molecule has 0 atom stereocenters. The maximum absolute atomic E-state index is 14.0. The molecule has 0 aromatic heterocycles. The molecule has 5 nitrogen and oxygen atoms in total. The maximum Gasteiger partial charge on any atom is 0.343 e. The van der Waals surface area contributed by atoms with Crippen molar-refractivity contribution < 1.29 is 23.4 Å². The van der Waals surface area contributed by atoms with Crippen molar-refractivity contribution in [2.45, 2.75) is 46.8 Å². The van der Waals surface area contributed by atoms with Gasteiger partial charge in [-0.2, -0.15) is 0 Å². The molecule has 0 amide bonds. The number of halogens is 1. The summed E-state index contributed by atoms with van der Waals surface area (Å²) in [6.07, 6.45) is 2.20. The van der Waals surface area contributed by atoms with Crippen LogP contribution in [0.1, 0.15) is 53.4 Å². The van der Waals surface area contributed by atoms with Crippen LogP contribution in [-0.4, -0.2) is 18.6 Å². The van der Waals surface area contributed by atoms with E-state index in [-0.39, 0.29) is 18.0 Å². The number of benzene rings is 4. The van der Waals surface area contributed by atoms with Crippen LogP contribution < -0.4 is 19.5 Å². The number of methoxy groups -OCH3 is 1. The van der Waals surface area contributed by atoms with Crippen LogP contribution in [0, 0.1) is 19.7 Å². The molecule has 1 aliphatic rings. The molecule has 0 fully saturated rings. The Balaban J connectivity index is 1.55. The van der Waals surface area contributed by atoms with E-state index in [0.29, 0.717) is 22.8 Å². The molecule has 0 saturated heterocycles. The molecule has 4 aromatic carbocycles. The summed E-state index contributed by atoms with van der Waals surface area (Å²) in [5, 5.41) is 3.60. The Labute approximate surface area is 240 Å². The van der Waals surface area contributed by atoms with E-state index in [1.54, 1.807) is 37.4 Å². The van der Waals surface area contributed by atoms with Gasteiger partial charge in [0.25, 0.3) is 0 Å². The van der Waals surface area contributed by atoms with Gasteiger partial charge in [0.15, 0.2) is 0 Å². The van der Waals surface area contributed by atoms with E-state index in [4.69, 9.17) is 14.2 Å². The summed E-state index contributed by atoms with van der Waals surface area (Å²) < 4.78 is 31.7. The lowest BCUT2D eigenvalue weighted by Crippen LogP contribution is -2.32. The van der Waals surface area contributed by atoms with Gasteiger partial charge in [0.1, 0.15) is 29.7 Å². The topological polar surface area (TPSA) is 56.8 Å². The maximum atomic E-state index is 14.0. The second-order valence-corrected chi connectivity index (χ2v) is 11.0. The second kappa shape index (κ2) is 11.1. The number of nitrogens with one attached hydrogen (secondary N) is 1. The van der Waals surface area contributed by atoms with Crippen LogP contribution >= 0.6 is 0 Å². The molecule has 0 radical (unpaired) electrons. The molecule has 0 bridgehead atoms. The van der Waals surface area contributed by atoms with E-state index in [9.17, 15) is 9.18 Å². The molecule has 1 heterocycles. The minimum absolute atomic E-state index is 0.212. The van der Waals surface area contributed by atoms with Crippen LogP contribution in [0.25, 0.3) is 16.7 Å². The number of hydrogen-bond donors (Lipinski definition) is 1. The number of rotatable bonds is 7. The SMILES string of the molecule is COc1cc(OC(=O)c2ccc(C)cc2)ccc1-c1ccc2c(c1COc1cc(F)ccc1C)C(C)=CC(C)(C)N2. The van der Waals surface area contributed by atoms with Gasteiger partial charge < -0.3 is 19.5 Å². The summed E-state index contributed by atoms with van der Waals surface area (Å²) >= 11 is 0. The average molecular weight is 552 g/mol. The second-order valence-electron chi connectivity index (χ2n) is 11.0. The lowest BCUT2D eigenvalue weighted by Gasteiger charge is -2.33. The number of carbonyl (C=O) groups is 1. The van der Waals surface area contributed by atoms with E-state index < -0.39 is 5.97 Å². The third kappa shape index (κ3) is 5.97. The monoisotopic (exact) mass is 551 g/mol. The molecule has 41 heavy (non-hydrogen) atoms. The fourth-order valence-corrected chi connectivity index (χ4v) is 5.29. The molecule has 0 unspecified atom stereocenters. The van der Waals surface area contributed by atoms with Gasteiger partial charge in [0.2, 0.25) is 0 Å². The number of fused-ring (bicyclic) bond motifs is 1. The molecule has 4 aromatic rings. The fourth-order valence-electron chi connectivity index (χ4n) is 5.29. The average Bonchev–Trinajstić information content (AvgIpc) is 2.93. The van der Waals surface area contributed by atoms with Gasteiger partial charge >= 0.3 is 5.97 Å². The lowest BCUT2D eigenvalue weighted by molar-refractivity contribution is 0.0734. The van der Waals surface area contributed by atoms with Gasteiger partial charge in [0.05, 0.1) is 18.2 Å². The normalized spacial score (nSPS) is 13.5. The minimum Gasteiger partial charge on any atom is -0.496 e. The van der Waals surface area contributed by atoms with E-state index in [2.05, 4.69) is 38.2 Å². The minimum atomic E-state index is -0.442. The first-order chi connectivity index (χ1) is 19.5. The van der Waals surface area contributed by atoms with E-state index in [1.165, 1.54) is 12.1 Å². The van der Waals surface area contributed by atoms with Gasteiger partial charge in [0, 0.05) is 34.5 Å². The summed E-state index contributed by atoms with van der Waals surface area (Å²) in [4.78, 5) is 12.7. The van der Waals surface area contributed by atoms with Crippen LogP contribution in [0.4, 0.5) is 10.1 Å². The fraction of sp³-hybridized carbons (Fsp3) is 0.229. The predicted octanol–water partition coefficient (Wildman–Crippen LogP) is 8.52. The Hall–Kier alpha value is -4.58.